The molecule has 0 radical (unpaired) electrons. The van der Waals surface area contributed by atoms with Crippen LogP contribution in [0.5, 0.6) is 5.75 Å². The monoisotopic (exact) mass is 414 g/mol. The highest BCUT2D eigenvalue weighted by Gasteiger charge is 2.24. The Morgan fingerprint density at radius 2 is 1.70 bits per heavy atom. The van der Waals surface area contributed by atoms with Gasteiger partial charge in [-0.3, -0.25) is 4.79 Å². The molecule has 6 nitrogen and oxygen atoms in total. The first-order valence-corrected chi connectivity index (χ1v) is 10.6. The van der Waals surface area contributed by atoms with Crippen molar-refractivity contribution in [3.63, 3.8) is 0 Å². The van der Waals surface area contributed by atoms with Gasteiger partial charge in [0.15, 0.2) is 0 Å². The molecule has 0 fully saturated rings. The summed E-state index contributed by atoms with van der Waals surface area (Å²) in [6, 6.07) is 19.6. The smallest absolute Gasteiger partial charge is 0.225 e. The van der Waals surface area contributed by atoms with E-state index in [4.69, 9.17) is 9.72 Å². The zero-order chi connectivity index (χ0) is 20.5. The van der Waals surface area contributed by atoms with Crippen molar-refractivity contribution in [2.45, 2.75) is 11.6 Å². The maximum atomic E-state index is 12.2. The van der Waals surface area contributed by atoms with Gasteiger partial charge in [0.1, 0.15) is 17.1 Å². The molecule has 1 aromatic heterocycles. The Morgan fingerprint density at radius 3 is 2.43 bits per heavy atom. The van der Waals surface area contributed by atoms with Crippen molar-refractivity contribution in [2.75, 3.05) is 18.2 Å². The summed E-state index contributed by atoms with van der Waals surface area (Å²) in [5, 5.41) is 14.5. The second-order valence-corrected chi connectivity index (χ2v) is 7.94. The molecular weight excluding hydrogens is 396 g/mol. The molecule has 0 bridgehead atoms. The van der Waals surface area contributed by atoms with E-state index >= 15 is 0 Å². The van der Waals surface area contributed by atoms with Crippen LogP contribution < -0.4 is 10.1 Å². The highest BCUT2D eigenvalue weighted by Crippen LogP contribution is 2.44. The first-order chi connectivity index (χ1) is 14.7. The van der Waals surface area contributed by atoms with E-state index in [0.29, 0.717) is 17.3 Å². The van der Waals surface area contributed by atoms with E-state index in [1.54, 1.807) is 7.11 Å². The number of amides is 1. The van der Waals surface area contributed by atoms with E-state index in [1.165, 1.54) is 22.5 Å². The molecular formula is C23H18N4O2S. The summed E-state index contributed by atoms with van der Waals surface area (Å²) in [6.07, 6.45) is 0.354. The molecule has 30 heavy (non-hydrogen) atoms. The Morgan fingerprint density at radius 1 is 0.967 bits per heavy atom. The fraction of sp³-hybridized carbons (Fsp3) is 0.130. The summed E-state index contributed by atoms with van der Waals surface area (Å²) in [5.41, 5.74) is 4.60. The summed E-state index contributed by atoms with van der Waals surface area (Å²) in [5.74, 6) is 1.26. The molecule has 4 aromatic rings. The lowest BCUT2D eigenvalue weighted by Crippen LogP contribution is -2.12. The van der Waals surface area contributed by atoms with Crippen molar-refractivity contribution >= 4 is 34.1 Å². The number of ether oxygens (including phenoxy) is 1. The molecule has 1 amide bonds. The predicted molar refractivity (Wildman–Crippen MR) is 119 cm³/mol. The Balaban J connectivity index is 1.25. The number of carbonyl (C=O) groups excluding carboxylic acids is 1. The van der Waals surface area contributed by atoms with Crippen LogP contribution in [0.4, 0.5) is 5.69 Å². The average molecular weight is 414 g/mol. The molecule has 1 N–H and O–H groups in total. The second kappa shape index (κ2) is 7.76. The first-order valence-electron chi connectivity index (χ1n) is 9.57. The van der Waals surface area contributed by atoms with E-state index in [2.05, 4.69) is 39.8 Å². The average Bonchev–Trinajstić information content (AvgIpc) is 3.10. The van der Waals surface area contributed by atoms with E-state index in [9.17, 15) is 4.79 Å². The number of carbonyl (C=O) groups is 1. The lowest BCUT2D eigenvalue weighted by atomic mass is 10.0. The lowest BCUT2D eigenvalue weighted by Gasteiger charge is -2.06. The molecule has 148 valence electrons. The van der Waals surface area contributed by atoms with Crippen molar-refractivity contribution < 1.29 is 9.53 Å². The van der Waals surface area contributed by atoms with Gasteiger partial charge in [-0.25, -0.2) is 4.98 Å². The lowest BCUT2D eigenvalue weighted by molar-refractivity contribution is -0.115. The van der Waals surface area contributed by atoms with Gasteiger partial charge in [-0.15, -0.1) is 10.2 Å². The predicted octanol–water partition coefficient (Wildman–Crippen LogP) is 4.80. The molecule has 0 saturated carbocycles. The van der Waals surface area contributed by atoms with Crippen LogP contribution in [0, 0.1) is 0 Å². The molecule has 0 unspecified atom stereocenters. The van der Waals surface area contributed by atoms with E-state index in [1.807, 2.05) is 36.4 Å². The fourth-order valence-electron chi connectivity index (χ4n) is 3.61. The summed E-state index contributed by atoms with van der Waals surface area (Å²) < 4.78 is 5.12. The molecule has 0 aliphatic heterocycles. The van der Waals surface area contributed by atoms with E-state index in [0.717, 1.165) is 34.0 Å². The van der Waals surface area contributed by atoms with Gasteiger partial charge in [0.25, 0.3) is 0 Å². The van der Waals surface area contributed by atoms with Gasteiger partial charge in [0, 0.05) is 34.4 Å². The third-order valence-corrected chi connectivity index (χ3v) is 5.86. The summed E-state index contributed by atoms with van der Waals surface area (Å²) >= 11 is 1.43. The normalized spacial score (nSPS) is 11.4. The van der Waals surface area contributed by atoms with Crippen LogP contribution in [-0.4, -0.2) is 34.0 Å². The van der Waals surface area contributed by atoms with E-state index in [-0.39, 0.29) is 5.91 Å². The van der Waals surface area contributed by atoms with Crippen molar-refractivity contribution in [2.24, 2.45) is 0 Å². The topological polar surface area (TPSA) is 77.0 Å². The maximum Gasteiger partial charge on any atom is 0.225 e. The van der Waals surface area contributed by atoms with E-state index < -0.39 is 0 Å². The Kier molecular flexibility index (Phi) is 4.80. The van der Waals surface area contributed by atoms with Crippen LogP contribution in [0.1, 0.15) is 6.42 Å². The Labute approximate surface area is 177 Å². The van der Waals surface area contributed by atoms with Gasteiger partial charge in [-0.05, 0) is 29.7 Å². The van der Waals surface area contributed by atoms with Crippen LogP contribution in [0.2, 0.25) is 0 Å². The molecule has 0 atom stereocenters. The highest BCUT2D eigenvalue weighted by molar-refractivity contribution is 7.99. The fourth-order valence-corrected chi connectivity index (χ4v) is 4.33. The molecule has 7 heteroatoms. The number of nitrogens with one attached hydrogen (secondary N) is 1. The number of methoxy groups -OCH3 is 1. The largest absolute Gasteiger partial charge is 0.497 e. The molecule has 3 aromatic carbocycles. The number of thioether (sulfide) groups is 1. The number of nitrogens with zero attached hydrogens (tertiary/aromatic N) is 3. The summed E-state index contributed by atoms with van der Waals surface area (Å²) in [6.45, 7) is 0. The number of fused-ring (bicyclic) bond motifs is 3. The molecule has 1 aliphatic rings. The van der Waals surface area contributed by atoms with Crippen LogP contribution in [0.3, 0.4) is 0 Å². The number of hydrogen-bond donors (Lipinski definition) is 1. The van der Waals surface area contributed by atoms with Gasteiger partial charge < -0.3 is 10.1 Å². The van der Waals surface area contributed by atoms with Crippen LogP contribution in [0.25, 0.3) is 33.3 Å². The maximum absolute atomic E-state index is 12.2. The molecule has 0 saturated heterocycles. The molecule has 1 aliphatic carbocycles. The third-order valence-electron chi connectivity index (χ3n) is 5.02. The zero-order valence-electron chi connectivity index (χ0n) is 16.3. The SMILES string of the molecule is COc1ccc(NC(=O)CCSc2nnc3c(n2)-c2cccc4cccc-3c24)cc1. The molecule has 1 heterocycles. The van der Waals surface area contributed by atoms with Gasteiger partial charge in [-0.1, -0.05) is 48.2 Å². The second-order valence-electron chi connectivity index (χ2n) is 6.88. The quantitative estimate of drug-likeness (QED) is 0.402. The number of hydrogen-bond acceptors (Lipinski definition) is 6. The Hall–Kier alpha value is -3.45. The zero-order valence-corrected chi connectivity index (χ0v) is 17.1. The standard InChI is InChI=1S/C23H18N4O2S/c1-29-16-10-8-15(9-11-16)24-19(28)12-13-30-23-25-21-17-6-2-4-14-5-3-7-18(20(14)17)22(21)26-27-23/h2-11H,12-13H2,1H3,(H,24,28). The third kappa shape index (κ3) is 3.37. The number of aromatic nitrogens is 3. The summed E-state index contributed by atoms with van der Waals surface area (Å²) in [4.78, 5) is 16.9. The van der Waals surface area contributed by atoms with Gasteiger partial charge in [0.2, 0.25) is 11.1 Å². The minimum absolute atomic E-state index is 0.0565. The number of anilines is 1. The van der Waals surface area contributed by atoms with Crippen molar-refractivity contribution in [3.8, 4) is 28.3 Å². The van der Waals surface area contributed by atoms with Crippen LogP contribution in [-0.2, 0) is 4.79 Å². The van der Waals surface area contributed by atoms with Crippen molar-refractivity contribution in [1.29, 1.82) is 0 Å². The minimum atomic E-state index is -0.0565. The number of benzene rings is 3. The summed E-state index contributed by atoms with van der Waals surface area (Å²) in [7, 11) is 1.61. The van der Waals surface area contributed by atoms with Gasteiger partial charge in [0.05, 0.1) is 7.11 Å². The molecule has 0 spiro atoms. The van der Waals surface area contributed by atoms with Crippen molar-refractivity contribution in [1.82, 2.24) is 15.2 Å². The molecule has 5 rings (SSSR count). The van der Waals surface area contributed by atoms with Gasteiger partial charge >= 0.3 is 0 Å². The Bertz CT molecular complexity index is 1250. The van der Waals surface area contributed by atoms with Gasteiger partial charge in [-0.2, -0.15) is 0 Å². The van der Waals surface area contributed by atoms with Crippen molar-refractivity contribution in [3.05, 3.63) is 60.7 Å². The first kappa shape index (κ1) is 18.6. The minimum Gasteiger partial charge on any atom is -0.497 e. The highest BCUT2D eigenvalue weighted by atomic mass is 32.2. The van der Waals surface area contributed by atoms with Crippen LogP contribution in [0.15, 0.2) is 65.8 Å². The number of rotatable bonds is 6. The van der Waals surface area contributed by atoms with Crippen LogP contribution >= 0.6 is 11.8 Å².